The Kier molecular flexibility index (Phi) is 6.05. The first-order valence-corrected chi connectivity index (χ1v) is 10.5. The van der Waals surface area contributed by atoms with Crippen molar-refractivity contribution in [3.05, 3.63) is 59.9 Å². The molecule has 0 radical (unpaired) electrons. The molecule has 1 aromatic heterocycles. The van der Waals surface area contributed by atoms with Crippen LogP contribution in [0.15, 0.2) is 48.7 Å². The molecule has 144 valence electrons. The maximum atomic E-state index is 4.34. The predicted octanol–water partition coefficient (Wildman–Crippen LogP) is 3.57. The molecule has 2 aliphatic rings. The minimum absolute atomic E-state index is 0.708. The van der Waals surface area contributed by atoms with E-state index in [1.807, 2.05) is 6.20 Å². The number of aromatic nitrogens is 1. The number of nitrogens with zero attached hydrogens (tertiary/aromatic N) is 4. The van der Waals surface area contributed by atoms with Gasteiger partial charge in [-0.3, -0.25) is 14.8 Å². The Morgan fingerprint density at radius 3 is 2.70 bits per heavy atom. The van der Waals surface area contributed by atoms with Gasteiger partial charge in [0.05, 0.1) is 0 Å². The molecule has 0 aliphatic carbocycles. The third-order valence-electron chi connectivity index (χ3n) is 6.03. The molecule has 0 N–H and O–H groups in total. The fourth-order valence-corrected chi connectivity index (χ4v) is 4.57. The second kappa shape index (κ2) is 8.85. The fourth-order valence-electron chi connectivity index (χ4n) is 4.57. The van der Waals surface area contributed by atoms with Crippen molar-refractivity contribution in [2.75, 3.05) is 44.2 Å². The van der Waals surface area contributed by atoms with Crippen LogP contribution >= 0.6 is 0 Å². The summed E-state index contributed by atoms with van der Waals surface area (Å²) >= 11 is 0. The highest BCUT2D eigenvalue weighted by atomic mass is 15.3. The molecule has 0 bridgehead atoms. The van der Waals surface area contributed by atoms with Crippen LogP contribution in [0.1, 0.15) is 30.5 Å². The van der Waals surface area contributed by atoms with Gasteiger partial charge in [-0.1, -0.05) is 30.3 Å². The minimum Gasteiger partial charge on any atom is -0.370 e. The monoisotopic (exact) mass is 364 g/mol. The zero-order valence-electron chi connectivity index (χ0n) is 16.6. The van der Waals surface area contributed by atoms with Crippen LogP contribution in [0.2, 0.25) is 0 Å². The highest BCUT2D eigenvalue weighted by Crippen LogP contribution is 2.22. The average Bonchev–Trinajstić information content (AvgIpc) is 2.97. The average molecular weight is 365 g/mol. The van der Waals surface area contributed by atoms with Gasteiger partial charge in [0.25, 0.3) is 0 Å². The Hall–Kier alpha value is -1.91. The molecule has 0 unspecified atom stereocenters. The molecule has 1 aromatic carbocycles. The van der Waals surface area contributed by atoms with Crippen molar-refractivity contribution in [2.45, 2.75) is 38.8 Å². The molecule has 0 spiro atoms. The van der Waals surface area contributed by atoms with Crippen molar-refractivity contribution in [1.82, 2.24) is 14.8 Å². The second-order valence-corrected chi connectivity index (χ2v) is 8.05. The molecule has 3 heterocycles. The van der Waals surface area contributed by atoms with Gasteiger partial charge in [-0.15, -0.1) is 0 Å². The standard InChI is InChI=1S/C23H32N4/c1-20-17-22(10-11-24-20)26-14-6-12-25(15-16-26)19-23-9-5-13-27(23)18-21-7-3-2-4-8-21/h2-4,7-8,10-11,17,23H,5-6,9,12-16,18-19H2,1H3/t23-/m1/s1. The topological polar surface area (TPSA) is 22.6 Å². The Morgan fingerprint density at radius 1 is 0.963 bits per heavy atom. The first kappa shape index (κ1) is 18.5. The van der Waals surface area contributed by atoms with Gasteiger partial charge in [0.1, 0.15) is 0 Å². The summed E-state index contributed by atoms with van der Waals surface area (Å²) in [5, 5.41) is 0. The van der Waals surface area contributed by atoms with Gasteiger partial charge in [0.15, 0.2) is 0 Å². The number of hydrogen-bond acceptors (Lipinski definition) is 4. The maximum absolute atomic E-state index is 4.34. The van der Waals surface area contributed by atoms with Crippen molar-refractivity contribution < 1.29 is 0 Å². The van der Waals surface area contributed by atoms with E-state index in [4.69, 9.17) is 0 Å². The molecule has 2 aromatic rings. The Morgan fingerprint density at radius 2 is 1.85 bits per heavy atom. The number of hydrogen-bond donors (Lipinski definition) is 0. The molecule has 0 amide bonds. The van der Waals surface area contributed by atoms with Gasteiger partial charge in [-0.25, -0.2) is 0 Å². The van der Waals surface area contributed by atoms with Crippen LogP contribution in [0.3, 0.4) is 0 Å². The van der Waals surface area contributed by atoms with Crippen LogP contribution in [0, 0.1) is 6.92 Å². The third-order valence-corrected chi connectivity index (χ3v) is 6.03. The molecule has 0 saturated carbocycles. The summed E-state index contributed by atoms with van der Waals surface area (Å²) in [4.78, 5) is 12.3. The summed E-state index contributed by atoms with van der Waals surface area (Å²) in [6, 6.07) is 16.0. The van der Waals surface area contributed by atoms with E-state index in [0.29, 0.717) is 6.04 Å². The molecule has 1 atom stereocenters. The van der Waals surface area contributed by atoms with E-state index in [2.05, 4.69) is 69.1 Å². The summed E-state index contributed by atoms with van der Waals surface area (Å²) in [7, 11) is 0. The Bertz CT molecular complexity index is 717. The van der Waals surface area contributed by atoms with E-state index < -0.39 is 0 Å². The van der Waals surface area contributed by atoms with E-state index >= 15 is 0 Å². The normalized spacial score (nSPS) is 22.1. The molecule has 4 nitrogen and oxygen atoms in total. The van der Waals surface area contributed by atoms with Crippen molar-refractivity contribution in [3.8, 4) is 0 Å². The minimum atomic E-state index is 0.708. The number of rotatable bonds is 5. The lowest BCUT2D eigenvalue weighted by Crippen LogP contribution is -2.41. The molecule has 2 saturated heterocycles. The Labute approximate surface area is 163 Å². The number of likely N-dealkylation sites (tertiary alicyclic amines) is 1. The van der Waals surface area contributed by atoms with Crippen molar-refractivity contribution in [3.63, 3.8) is 0 Å². The quantitative estimate of drug-likeness (QED) is 0.809. The van der Waals surface area contributed by atoms with Gasteiger partial charge < -0.3 is 4.90 Å². The zero-order valence-corrected chi connectivity index (χ0v) is 16.6. The second-order valence-electron chi connectivity index (χ2n) is 8.05. The first-order chi connectivity index (χ1) is 13.3. The third kappa shape index (κ3) is 4.88. The van der Waals surface area contributed by atoms with Gasteiger partial charge in [-0.05, 0) is 57.0 Å². The fraction of sp³-hybridized carbons (Fsp3) is 0.522. The predicted molar refractivity (Wildman–Crippen MR) is 112 cm³/mol. The van der Waals surface area contributed by atoms with Crippen LogP contribution in [-0.4, -0.2) is 60.1 Å². The summed E-state index contributed by atoms with van der Waals surface area (Å²) in [5.41, 5.74) is 3.88. The van der Waals surface area contributed by atoms with Gasteiger partial charge >= 0.3 is 0 Å². The van der Waals surface area contributed by atoms with Gasteiger partial charge in [0.2, 0.25) is 0 Å². The molecule has 2 fully saturated rings. The highest BCUT2D eigenvalue weighted by molar-refractivity contribution is 5.46. The largest absolute Gasteiger partial charge is 0.370 e. The number of benzene rings is 1. The summed E-state index contributed by atoms with van der Waals surface area (Å²) in [5.74, 6) is 0. The van der Waals surface area contributed by atoms with Crippen molar-refractivity contribution in [2.24, 2.45) is 0 Å². The van der Waals surface area contributed by atoms with E-state index in [0.717, 1.165) is 31.9 Å². The van der Waals surface area contributed by atoms with E-state index in [9.17, 15) is 0 Å². The van der Waals surface area contributed by atoms with Crippen LogP contribution in [0.5, 0.6) is 0 Å². The molecule has 4 heteroatoms. The zero-order chi connectivity index (χ0) is 18.5. The lowest BCUT2D eigenvalue weighted by atomic mass is 10.1. The number of aryl methyl sites for hydroxylation is 1. The van der Waals surface area contributed by atoms with Gasteiger partial charge in [0, 0.05) is 56.3 Å². The number of pyridine rings is 1. The van der Waals surface area contributed by atoms with E-state index in [1.54, 1.807) is 0 Å². The number of anilines is 1. The Balaban J connectivity index is 1.33. The first-order valence-electron chi connectivity index (χ1n) is 10.5. The molecular formula is C23H32N4. The van der Waals surface area contributed by atoms with Crippen molar-refractivity contribution in [1.29, 1.82) is 0 Å². The SMILES string of the molecule is Cc1cc(N2CCCN(C[C@H]3CCCN3Cc3ccccc3)CC2)ccn1. The van der Waals surface area contributed by atoms with E-state index in [-0.39, 0.29) is 0 Å². The summed E-state index contributed by atoms with van der Waals surface area (Å²) in [6.45, 7) is 10.3. The highest BCUT2D eigenvalue weighted by Gasteiger charge is 2.27. The van der Waals surface area contributed by atoms with Crippen LogP contribution in [-0.2, 0) is 6.54 Å². The van der Waals surface area contributed by atoms with Gasteiger partial charge in [-0.2, -0.15) is 0 Å². The van der Waals surface area contributed by atoms with Crippen molar-refractivity contribution >= 4 is 5.69 Å². The molecular weight excluding hydrogens is 332 g/mol. The van der Waals surface area contributed by atoms with Crippen LogP contribution in [0.4, 0.5) is 5.69 Å². The van der Waals surface area contributed by atoms with E-state index in [1.165, 1.54) is 50.1 Å². The maximum Gasteiger partial charge on any atom is 0.0400 e. The molecule has 2 aliphatic heterocycles. The molecule has 27 heavy (non-hydrogen) atoms. The van der Waals surface area contributed by atoms with Crippen LogP contribution in [0.25, 0.3) is 0 Å². The molecule has 4 rings (SSSR count). The lowest BCUT2D eigenvalue weighted by molar-refractivity contribution is 0.172. The summed E-state index contributed by atoms with van der Waals surface area (Å²) < 4.78 is 0. The van der Waals surface area contributed by atoms with Crippen LogP contribution < -0.4 is 4.90 Å². The lowest BCUT2D eigenvalue weighted by Gasteiger charge is -2.30. The smallest absolute Gasteiger partial charge is 0.0400 e. The summed E-state index contributed by atoms with van der Waals surface area (Å²) in [6.07, 6.45) is 5.87.